The quantitative estimate of drug-likeness (QED) is 0.317. The van der Waals surface area contributed by atoms with Crippen LogP contribution in [0.5, 0.6) is 5.75 Å². The fourth-order valence-corrected chi connectivity index (χ4v) is 2.85. The fraction of sp³-hybridized carbons (Fsp3) is 0.391. The normalized spacial score (nSPS) is 11.1. The Labute approximate surface area is 178 Å². The Bertz CT molecular complexity index is 852. The number of aliphatic imine (C=N–C) groups is 1. The molecule has 0 radical (unpaired) electrons. The Morgan fingerprint density at radius 3 is 2.57 bits per heavy atom. The summed E-state index contributed by atoms with van der Waals surface area (Å²) < 4.78 is 10.9. The smallest absolute Gasteiger partial charge is 0.251 e. The van der Waals surface area contributed by atoms with Crippen molar-refractivity contribution in [2.45, 2.75) is 26.9 Å². The molecule has 162 valence electrons. The number of carbonyl (C=O) groups is 1. The molecule has 0 aliphatic rings. The SMILES string of the molecule is CCNC(=O)c1cccc(CNC(=NC)NCc2ccc(C)cc2OCCOC)c1. The summed E-state index contributed by atoms with van der Waals surface area (Å²) >= 11 is 0. The van der Waals surface area contributed by atoms with Gasteiger partial charge in [0.05, 0.1) is 6.61 Å². The molecule has 0 atom stereocenters. The van der Waals surface area contributed by atoms with E-state index in [1.807, 2.05) is 50.2 Å². The van der Waals surface area contributed by atoms with Crippen LogP contribution in [-0.4, -0.2) is 45.8 Å². The van der Waals surface area contributed by atoms with Crippen LogP contribution in [0.25, 0.3) is 0 Å². The molecule has 0 saturated heterocycles. The van der Waals surface area contributed by atoms with Gasteiger partial charge in [-0.05, 0) is 43.2 Å². The molecule has 0 aliphatic heterocycles. The molecule has 3 N–H and O–H groups in total. The molecule has 0 bridgehead atoms. The number of nitrogens with one attached hydrogen (secondary N) is 3. The van der Waals surface area contributed by atoms with Gasteiger partial charge in [-0.25, -0.2) is 0 Å². The van der Waals surface area contributed by atoms with Crippen LogP contribution in [0, 0.1) is 6.92 Å². The van der Waals surface area contributed by atoms with E-state index in [0.717, 1.165) is 22.4 Å². The predicted octanol–water partition coefficient (Wildman–Crippen LogP) is 2.64. The largest absolute Gasteiger partial charge is 0.491 e. The lowest BCUT2D eigenvalue weighted by Gasteiger charge is -2.15. The van der Waals surface area contributed by atoms with E-state index < -0.39 is 0 Å². The number of hydrogen-bond acceptors (Lipinski definition) is 4. The average molecular weight is 413 g/mol. The molecule has 0 saturated carbocycles. The topological polar surface area (TPSA) is 84.0 Å². The standard InChI is InChI=1S/C23H32N4O3/c1-5-25-22(28)19-8-6-7-18(14-19)15-26-23(24-3)27-16-20-10-9-17(2)13-21(20)30-12-11-29-4/h6-10,13-14H,5,11-12,15-16H2,1-4H3,(H,25,28)(H2,24,26,27). The van der Waals surface area contributed by atoms with Crippen molar-refractivity contribution < 1.29 is 14.3 Å². The fourth-order valence-electron chi connectivity index (χ4n) is 2.85. The maximum Gasteiger partial charge on any atom is 0.251 e. The number of aryl methyl sites for hydroxylation is 1. The summed E-state index contributed by atoms with van der Waals surface area (Å²) in [5, 5.41) is 9.41. The van der Waals surface area contributed by atoms with Crippen molar-refractivity contribution in [2.75, 3.05) is 33.9 Å². The van der Waals surface area contributed by atoms with Gasteiger partial charge >= 0.3 is 0 Å². The monoisotopic (exact) mass is 412 g/mol. The maximum atomic E-state index is 12.0. The summed E-state index contributed by atoms with van der Waals surface area (Å²) in [6, 6.07) is 13.7. The van der Waals surface area contributed by atoms with Crippen LogP contribution >= 0.6 is 0 Å². The molecular weight excluding hydrogens is 380 g/mol. The highest BCUT2D eigenvalue weighted by atomic mass is 16.5. The maximum absolute atomic E-state index is 12.0. The van der Waals surface area contributed by atoms with Gasteiger partial charge in [0.15, 0.2) is 5.96 Å². The van der Waals surface area contributed by atoms with E-state index >= 15 is 0 Å². The Kier molecular flexibility index (Phi) is 9.67. The zero-order valence-corrected chi connectivity index (χ0v) is 18.2. The second-order valence-corrected chi connectivity index (χ2v) is 6.79. The number of rotatable bonds is 10. The second-order valence-electron chi connectivity index (χ2n) is 6.79. The van der Waals surface area contributed by atoms with Gasteiger partial charge in [-0.1, -0.05) is 24.3 Å². The van der Waals surface area contributed by atoms with E-state index in [2.05, 4.69) is 27.0 Å². The van der Waals surface area contributed by atoms with Crippen molar-refractivity contribution in [3.63, 3.8) is 0 Å². The van der Waals surface area contributed by atoms with Crippen molar-refractivity contribution in [3.05, 3.63) is 64.7 Å². The van der Waals surface area contributed by atoms with Gasteiger partial charge in [0, 0.05) is 44.9 Å². The van der Waals surface area contributed by atoms with Crippen LogP contribution < -0.4 is 20.7 Å². The van der Waals surface area contributed by atoms with E-state index in [1.165, 1.54) is 0 Å². The zero-order chi connectivity index (χ0) is 21.8. The third-order valence-electron chi connectivity index (χ3n) is 4.42. The number of benzene rings is 2. The van der Waals surface area contributed by atoms with E-state index in [0.29, 0.717) is 44.4 Å². The number of methoxy groups -OCH3 is 1. The molecule has 7 nitrogen and oxygen atoms in total. The summed E-state index contributed by atoms with van der Waals surface area (Å²) in [5.74, 6) is 1.44. The molecule has 0 aromatic heterocycles. The van der Waals surface area contributed by atoms with Crippen molar-refractivity contribution >= 4 is 11.9 Å². The minimum Gasteiger partial charge on any atom is -0.491 e. The first kappa shape index (κ1) is 23.2. The molecule has 7 heteroatoms. The van der Waals surface area contributed by atoms with Crippen LogP contribution in [0.2, 0.25) is 0 Å². The molecular formula is C23H32N4O3. The molecule has 2 aromatic carbocycles. The lowest BCUT2D eigenvalue weighted by molar-refractivity contribution is 0.0955. The molecule has 0 heterocycles. The van der Waals surface area contributed by atoms with Gasteiger partial charge in [-0.3, -0.25) is 9.79 Å². The van der Waals surface area contributed by atoms with Crippen molar-refractivity contribution in [1.29, 1.82) is 0 Å². The van der Waals surface area contributed by atoms with E-state index in [4.69, 9.17) is 9.47 Å². The Hall–Kier alpha value is -3.06. The van der Waals surface area contributed by atoms with Gasteiger partial charge in [0.2, 0.25) is 0 Å². The first-order valence-electron chi connectivity index (χ1n) is 10.1. The number of ether oxygens (including phenoxy) is 2. The summed E-state index contributed by atoms with van der Waals surface area (Å²) in [4.78, 5) is 16.3. The first-order chi connectivity index (χ1) is 14.6. The van der Waals surface area contributed by atoms with Crippen molar-refractivity contribution in [3.8, 4) is 5.75 Å². The number of guanidine groups is 1. The number of hydrogen-bond donors (Lipinski definition) is 3. The average Bonchev–Trinajstić information content (AvgIpc) is 2.75. The van der Waals surface area contributed by atoms with Gasteiger partial charge in [-0.2, -0.15) is 0 Å². The van der Waals surface area contributed by atoms with Crippen molar-refractivity contribution in [2.24, 2.45) is 4.99 Å². The van der Waals surface area contributed by atoms with Gasteiger partial charge < -0.3 is 25.4 Å². The third kappa shape index (κ3) is 7.40. The van der Waals surface area contributed by atoms with Crippen LogP contribution in [0.3, 0.4) is 0 Å². The summed E-state index contributed by atoms with van der Waals surface area (Å²) in [5.41, 5.74) is 3.83. The number of amides is 1. The molecule has 0 aliphatic carbocycles. The van der Waals surface area contributed by atoms with E-state index in [9.17, 15) is 4.79 Å². The highest BCUT2D eigenvalue weighted by Gasteiger charge is 2.08. The molecule has 30 heavy (non-hydrogen) atoms. The highest BCUT2D eigenvalue weighted by Crippen LogP contribution is 2.20. The van der Waals surface area contributed by atoms with Crippen molar-refractivity contribution in [1.82, 2.24) is 16.0 Å². The van der Waals surface area contributed by atoms with Crippen LogP contribution in [0.4, 0.5) is 0 Å². The number of nitrogens with zero attached hydrogens (tertiary/aromatic N) is 1. The molecule has 1 amide bonds. The highest BCUT2D eigenvalue weighted by molar-refractivity contribution is 5.94. The predicted molar refractivity (Wildman–Crippen MR) is 120 cm³/mol. The van der Waals surface area contributed by atoms with Crippen LogP contribution in [0.1, 0.15) is 34.0 Å². The molecule has 2 aromatic rings. The lowest BCUT2D eigenvalue weighted by atomic mass is 10.1. The molecule has 0 unspecified atom stereocenters. The first-order valence-corrected chi connectivity index (χ1v) is 10.1. The van der Waals surface area contributed by atoms with Gasteiger partial charge in [-0.15, -0.1) is 0 Å². The third-order valence-corrected chi connectivity index (χ3v) is 4.42. The van der Waals surface area contributed by atoms with Crippen LogP contribution in [-0.2, 0) is 17.8 Å². The minimum absolute atomic E-state index is 0.0674. The van der Waals surface area contributed by atoms with Gasteiger partial charge in [0.1, 0.15) is 12.4 Å². The molecule has 0 fully saturated rings. The summed E-state index contributed by atoms with van der Waals surface area (Å²) in [6.07, 6.45) is 0. The summed E-state index contributed by atoms with van der Waals surface area (Å²) in [7, 11) is 3.38. The second kappa shape index (κ2) is 12.5. The Balaban J connectivity index is 1.94. The molecule has 0 spiro atoms. The lowest BCUT2D eigenvalue weighted by Crippen LogP contribution is -2.36. The summed E-state index contributed by atoms with van der Waals surface area (Å²) in [6.45, 7) is 6.71. The van der Waals surface area contributed by atoms with E-state index in [-0.39, 0.29) is 5.91 Å². The zero-order valence-electron chi connectivity index (χ0n) is 18.2. The van der Waals surface area contributed by atoms with Gasteiger partial charge in [0.25, 0.3) is 5.91 Å². The Morgan fingerprint density at radius 1 is 1.03 bits per heavy atom. The number of carbonyl (C=O) groups excluding carboxylic acids is 1. The van der Waals surface area contributed by atoms with Crippen LogP contribution in [0.15, 0.2) is 47.5 Å². The van der Waals surface area contributed by atoms with E-state index in [1.54, 1.807) is 14.2 Å². The minimum atomic E-state index is -0.0674. The Morgan fingerprint density at radius 2 is 1.83 bits per heavy atom. The molecule has 2 rings (SSSR count).